The summed E-state index contributed by atoms with van der Waals surface area (Å²) in [6.07, 6.45) is 7.29. The molecule has 1 N–H and O–H groups in total. The van der Waals surface area contributed by atoms with E-state index < -0.39 is 30.0 Å². The Morgan fingerprint density at radius 2 is 1.92 bits per heavy atom. The first kappa shape index (κ1) is 32.3. The lowest BCUT2D eigenvalue weighted by Crippen LogP contribution is -2.42. The Kier molecular flexibility index (Phi) is 12.0. The van der Waals surface area contributed by atoms with Gasteiger partial charge in [0.1, 0.15) is 38.8 Å². The number of oxazole rings is 1. The molecule has 1 saturated heterocycles. The maximum atomic E-state index is 13.1. The highest BCUT2D eigenvalue weighted by Gasteiger charge is 2.42. The topological polar surface area (TPSA) is 107 Å². The van der Waals surface area contributed by atoms with Crippen LogP contribution in [0, 0.1) is 0 Å². The van der Waals surface area contributed by atoms with Crippen LogP contribution in [0.5, 0.6) is 0 Å². The van der Waals surface area contributed by atoms with Gasteiger partial charge >= 0.3 is 0 Å². The zero-order valence-electron chi connectivity index (χ0n) is 23.4. The summed E-state index contributed by atoms with van der Waals surface area (Å²) in [5, 5.41) is 0. The lowest BCUT2D eigenvalue weighted by atomic mass is 10.0. The summed E-state index contributed by atoms with van der Waals surface area (Å²) < 4.78 is 43.0. The van der Waals surface area contributed by atoms with E-state index >= 15 is 0 Å². The molecule has 2 atom stereocenters. The maximum Gasteiger partial charge on any atom is 0.255 e. The molecule has 3 heterocycles. The van der Waals surface area contributed by atoms with Gasteiger partial charge in [-0.2, -0.15) is 0 Å². The Morgan fingerprint density at radius 1 is 1.21 bits per heavy atom. The van der Waals surface area contributed by atoms with Crippen molar-refractivity contribution < 1.29 is 23.2 Å². The minimum Gasteiger partial charge on any atom is -0.598 e. The molecule has 2 aromatic heterocycles. The number of hydrogen-bond acceptors (Lipinski definition) is 8. The second kappa shape index (κ2) is 14.1. The highest BCUT2D eigenvalue weighted by molar-refractivity contribution is 9.13. The van der Waals surface area contributed by atoms with Crippen LogP contribution in [0.2, 0.25) is 25.7 Å². The van der Waals surface area contributed by atoms with Crippen molar-refractivity contribution >= 4 is 51.3 Å². The Bertz CT molecular complexity index is 991. The predicted octanol–water partition coefficient (Wildman–Crippen LogP) is 6.65. The lowest BCUT2D eigenvalue weighted by molar-refractivity contribution is -0.187. The zero-order valence-corrected chi connectivity index (χ0v) is 28.3. The van der Waals surface area contributed by atoms with Crippen molar-refractivity contribution in [2.45, 2.75) is 102 Å². The third-order valence-electron chi connectivity index (χ3n) is 6.24. The van der Waals surface area contributed by atoms with Crippen LogP contribution < -0.4 is 4.72 Å². The number of imidazole rings is 1. The summed E-state index contributed by atoms with van der Waals surface area (Å²) in [6.45, 7) is 15.1. The number of rotatable bonds is 15. The Hall–Kier alpha value is -0.253. The molecule has 9 nitrogen and oxygen atoms in total. The van der Waals surface area contributed by atoms with Gasteiger partial charge in [0.2, 0.25) is 5.79 Å². The third kappa shape index (κ3) is 9.13. The number of nitrogens with zero attached hydrogens (tertiary/aromatic N) is 3. The summed E-state index contributed by atoms with van der Waals surface area (Å²) in [6, 6.07) is 0.881. The van der Waals surface area contributed by atoms with Crippen LogP contribution >= 0.6 is 31.9 Å². The van der Waals surface area contributed by atoms with Crippen molar-refractivity contribution in [3.63, 3.8) is 0 Å². The van der Waals surface area contributed by atoms with Crippen molar-refractivity contribution in [3.05, 3.63) is 33.4 Å². The molecule has 1 fully saturated rings. The fraction of sp³-hybridized carbons (Fsp3) is 0.760. The van der Waals surface area contributed by atoms with E-state index in [1.807, 2.05) is 25.3 Å². The van der Waals surface area contributed by atoms with E-state index in [1.165, 1.54) is 0 Å². The van der Waals surface area contributed by atoms with Crippen LogP contribution in [0.4, 0.5) is 0 Å². The van der Waals surface area contributed by atoms with Gasteiger partial charge in [-0.25, -0.2) is 9.97 Å². The van der Waals surface area contributed by atoms with Crippen LogP contribution in [-0.2, 0) is 38.1 Å². The van der Waals surface area contributed by atoms with Crippen LogP contribution in [-0.4, -0.2) is 51.7 Å². The molecule has 13 heteroatoms. The fourth-order valence-corrected chi connectivity index (χ4v) is 6.37. The molecule has 0 spiro atoms. The van der Waals surface area contributed by atoms with Gasteiger partial charge < -0.3 is 23.2 Å². The molecule has 38 heavy (non-hydrogen) atoms. The first-order valence-electron chi connectivity index (χ1n) is 13.2. The van der Waals surface area contributed by atoms with Crippen LogP contribution in [0.25, 0.3) is 0 Å². The summed E-state index contributed by atoms with van der Waals surface area (Å²) >= 11 is 5.96. The van der Waals surface area contributed by atoms with E-state index in [-0.39, 0.29) is 6.04 Å². The summed E-state index contributed by atoms with van der Waals surface area (Å²) in [5.41, 5.74) is 0. The predicted molar refractivity (Wildman–Crippen MR) is 159 cm³/mol. The van der Waals surface area contributed by atoms with Gasteiger partial charge in [-0.15, -0.1) is 4.72 Å². The highest BCUT2D eigenvalue weighted by Crippen LogP contribution is 2.36. The van der Waals surface area contributed by atoms with E-state index in [0.29, 0.717) is 43.5 Å². The number of hydrogen-bond donors (Lipinski definition) is 1. The third-order valence-corrected chi connectivity index (χ3v) is 11.4. The fourth-order valence-electron chi connectivity index (χ4n) is 4.01. The standard InChI is InChI=1S/C25H42Br2N4O5SSi/c1-24(2,3)37(32)30-19(22-29-20(26)21(27)31(22)18-33-16-17-38(4,5)6)10-8-7-9-11-25(35-14-15-36-25)23-28-12-13-34-23/h12-13,19,30H,7-11,14-18H2,1-6H3/t19-,37?/m0/s1. The Labute approximate surface area is 247 Å². The largest absolute Gasteiger partial charge is 0.598 e. The van der Waals surface area contributed by atoms with Crippen molar-refractivity contribution in [1.82, 2.24) is 19.3 Å². The smallest absolute Gasteiger partial charge is 0.255 e. The number of halogens is 2. The normalized spacial score (nSPS) is 17.7. The highest BCUT2D eigenvalue weighted by atomic mass is 79.9. The van der Waals surface area contributed by atoms with Crippen LogP contribution in [0.15, 0.2) is 26.1 Å². The van der Waals surface area contributed by atoms with E-state index in [9.17, 15) is 4.55 Å². The van der Waals surface area contributed by atoms with Gasteiger partial charge in [-0.1, -0.05) is 32.5 Å². The van der Waals surface area contributed by atoms with E-state index in [0.717, 1.165) is 42.2 Å². The SMILES string of the molecule is CC(C)(C)[S+]([O-])N[C@@H](CCCCCC1(c2ncco2)OCCO1)c1nc(Br)c(Br)n1COCC[Si](C)(C)C. The van der Waals surface area contributed by atoms with Crippen LogP contribution in [0.3, 0.4) is 0 Å². The minimum atomic E-state index is -1.26. The van der Waals surface area contributed by atoms with Crippen LogP contribution in [0.1, 0.15) is 70.6 Å². The quantitative estimate of drug-likeness (QED) is 0.125. The van der Waals surface area contributed by atoms with Gasteiger partial charge in [0.05, 0.1) is 19.4 Å². The molecule has 1 unspecified atom stereocenters. The maximum absolute atomic E-state index is 13.1. The molecule has 0 aliphatic carbocycles. The molecular weight excluding hydrogens is 656 g/mol. The Morgan fingerprint density at radius 3 is 2.53 bits per heavy atom. The van der Waals surface area contributed by atoms with E-state index in [1.54, 1.807) is 12.5 Å². The molecular formula is C25H42Br2N4O5SSi. The molecule has 216 valence electrons. The summed E-state index contributed by atoms with van der Waals surface area (Å²) in [4.78, 5) is 9.05. The van der Waals surface area contributed by atoms with Gasteiger partial charge in [-0.05, 0) is 71.5 Å². The molecule has 0 amide bonds. The van der Waals surface area contributed by atoms with Crippen molar-refractivity contribution in [2.24, 2.45) is 0 Å². The average Bonchev–Trinajstić information content (AvgIpc) is 3.57. The number of nitrogens with one attached hydrogen (secondary N) is 1. The van der Waals surface area contributed by atoms with Crippen molar-refractivity contribution in [2.75, 3.05) is 19.8 Å². The average molecular weight is 699 g/mol. The zero-order chi connectivity index (χ0) is 28.0. The minimum absolute atomic E-state index is 0.210. The molecule has 0 radical (unpaired) electrons. The van der Waals surface area contributed by atoms with Crippen molar-refractivity contribution in [1.29, 1.82) is 0 Å². The number of ether oxygens (including phenoxy) is 3. The lowest BCUT2D eigenvalue weighted by Gasteiger charge is -2.28. The second-order valence-electron chi connectivity index (χ2n) is 11.8. The molecule has 1 aliphatic rings. The summed E-state index contributed by atoms with van der Waals surface area (Å²) in [5.74, 6) is 0.378. The second-order valence-corrected chi connectivity index (χ2v) is 20.9. The van der Waals surface area contributed by atoms with E-state index in [2.05, 4.69) is 61.2 Å². The molecule has 2 aromatic rings. The Balaban J connectivity index is 1.65. The number of aromatic nitrogens is 3. The number of unbranched alkanes of at least 4 members (excludes halogenated alkanes) is 2. The first-order valence-corrected chi connectivity index (χ1v) is 19.6. The van der Waals surface area contributed by atoms with Gasteiger partial charge in [0.25, 0.3) is 5.89 Å². The molecule has 0 bridgehead atoms. The molecule has 0 aromatic carbocycles. The first-order chi connectivity index (χ1) is 17.8. The summed E-state index contributed by atoms with van der Waals surface area (Å²) in [7, 11) is -1.19. The van der Waals surface area contributed by atoms with Gasteiger partial charge in [-0.3, -0.25) is 4.57 Å². The molecule has 1 aliphatic heterocycles. The van der Waals surface area contributed by atoms with Gasteiger partial charge in [0, 0.05) is 32.5 Å². The van der Waals surface area contributed by atoms with Crippen molar-refractivity contribution in [3.8, 4) is 0 Å². The van der Waals surface area contributed by atoms with E-state index in [4.69, 9.17) is 23.6 Å². The molecule has 3 rings (SSSR count). The van der Waals surface area contributed by atoms with Gasteiger partial charge in [0.15, 0.2) is 0 Å². The monoisotopic (exact) mass is 696 g/mol. The molecule has 0 saturated carbocycles.